The monoisotopic (exact) mass is 143 g/mol. The van der Waals surface area contributed by atoms with E-state index in [1.54, 1.807) is 0 Å². The van der Waals surface area contributed by atoms with Crippen LogP contribution in [0.25, 0.3) is 0 Å². The Balaban J connectivity index is 2.83. The average molecular weight is 143 g/mol. The fourth-order valence-corrected chi connectivity index (χ4v) is 0.592. The number of nitrogens with two attached hydrogens (primary N) is 2. The Morgan fingerprint density at radius 1 is 1.20 bits per heavy atom. The molecule has 0 spiro atoms. The smallest absolute Gasteiger partial charge is 0.0135 e. The van der Waals surface area contributed by atoms with Gasteiger partial charge in [-0.3, -0.25) is 0 Å². The predicted octanol–water partition coefficient (Wildman–Crippen LogP) is -0.560. The normalized spacial score (nSPS) is 11.0. The van der Waals surface area contributed by atoms with Gasteiger partial charge in [0.1, 0.15) is 0 Å². The van der Waals surface area contributed by atoms with Gasteiger partial charge in [0.25, 0.3) is 0 Å². The Morgan fingerprint density at radius 2 is 2.00 bits per heavy atom. The second kappa shape index (κ2) is 8.62. The number of hydrogen-bond donors (Lipinski definition) is 3. The maximum Gasteiger partial charge on any atom is 0.0135 e. The molecule has 0 rings (SSSR count). The highest BCUT2D eigenvalue weighted by Crippen LogP contribution is 1.70. The summed E-state index contributed by atoms with van der Waals surface area (Å²) in [4.78, 5) is 0. The topological polar surface area (TPSA) is 64.1 Å². The highest BCUT2D eigenvalue weighted by molar-refractivity contribution is 4.84. The van der Waals surface area contributed by atoms with Gasteiger partial charge < -0.3 is 16.8 Å². The fraction of sp³-hybridized carbons (Fsp3) is 0.714. The Labute approximate surface area is 62.5 Å². The quantitative estimate of drug-likeness (QED) is 0.345. The van der Waals surface area contributed by atoms with Crippen molar-refractivity contribution in [2.24, 2.45) is 11.5 Å². The lowest BCUT2D eigenvalue weighted by Gasteiger charge is -1.97. The summed E-state index contributed by atoms with van der Waals surface area (Å²) in [7, 11) is 0. The average Bonchev–Trinajstić information content (AvgIpc) is 1.97. The lowest BCUT2D eigenvalue weighted by Crippen LogP contribution is -2.18. The zero-order chi connectivity index (χ0) is 7.66. The molecule has 0 radical (unpaired) electrons. The molecule has 0 fully saturated rings. The molecule has 0 unspecified atom stereocenters. The van der Waals surface area contributed by atoms with Crippen LogP contribution < -0.4 is 16.8 Å². The minimum atomic E-state index is 0.624. The molecule has 0 saturated carbocycles. The summed E-state index contributed by atoms with van der Waals surface area (Å²) >= 11 is 0. The maximum absolute atomic E-state index is 5.29. The summed E-state index contributed by atoms with van der Waals surface area (Å²) in [5.41, 5.74) is 10.5. The van der Waals surface area contributed by atoms with Crippen LogP contribution in [-0.4, -0.2) is 26.2 Å². The van der Waals surface area contributed by atoms with Crippen molar-refractivity contribution in [3.63, 3.8) is 0 Å². The van der Waals surface area contributed by atoms with E-state index in [1.807, 2.05) is 12.2 Å². The van der Waals surface area contributed by atoms with E-state index in [4.69, 9.17) is 11.5 Å². The number of hydrogen-bond acceptors (Lipinski definition) is 3. The molecule has 60 valence electrons. The minimum absolute atomic E-state index is 0.624. The molecule has 0 aromatic carbocycles. The Bertz CT molecular complexity index is 80.9. The van der Waals surface area contributed by atoms with Crippen LogP contribution in [-0.2, 0) is 0 Å². The van der Waals surface area contributed by atoms with E-state index in [0.717, 1.165) is 26.1 Å². The van der Waals surface area contributed by atoms with Crippen LogP contribution in [0, 0.1) is 0 Å². The molecule has 0 saturated heterocycles. The minimum Gasteiger partial charge on any atom is -0.330 e. The summed E-state index contributed by atoms with van der Waals surface area (Å²) in [5, 5.41) is 3.20. The van der Waals surface area contributed by atoms with Crippen LogP contribution in [0.5, 0.6) is 0 Å². The van der Waals surface area contributed by atoms with Gasteiger partial charge in [-0.15, -0.1) is 0 Å². The van der Waals surface area contributed by atoms with Gasteiger partial charge in [-0.05, 0) is 19.5 Å². The molecule has 0 amide bonds. The molecule has 10 heavy (non-hydrogen) atoms. The second-order valence-corrected chi connectivity index (χ2v) is 2.05. The molecule has 3 heteroatoms. The lowest BCUT2D eigenvalue weighted by atomic mass is 10.4. The predicted molar refractivity (Wildman–Crippen MR) is 44.7 cm³/mol. The molecule has 0 heterocycles. The van der Waals surface area contributed by atoms with Gasteiger partial charge in [0.15, 0.2) is 0 Å². The van der Waals surface area contributed by atoms with Crippen molar-refractivity contribution in [2.45, 2.75) is 6.42 Å². The van der Waals surface area contributed by atoms with Gasteiger partial charge >= 0.3 is 0 Å². The zero-order valence-electron chi connectivity index (χ0n) is 6.34. The van der Waals surface area contributed by atoms with Gasteiger partial charge in [-0.2, -0.15) is 0 Å². The molecule has 0 aliphatic rings. The Morgan fingerprint density at radius 3 is 2.60 bits per heavy atom. The van der Waals surface area contributed by atoms with E-state index in [2.05, 4.69) is 5.32 Å². The zero-order valence-corrected chi connectivity index (χ0v) is 6.34. The first kappa shape index (κ1) is 9.62. The first-order valence-electron chi connectivity index (χ1n) is 3.67. The van der Waals surface area contributed by atoms with Gasteiger partial charge in [-0.25, -0.2) is 0 Å². The van der Waals surface area contributed by atoms with Crippen LogP contribution in [0.4, 0.5) is 0 Å². The Kier molecular flexibility index (Phi) is 8.29. The molecule has 0 atom stereocenters. The summed E-state index contributed by atoms with van der Waals surface area (Å²) in [5.74, 6) is 0. The van der Waals surface area contributed by atoms with E-state index >= 15 is 0 Å². The molecule has 0 bridgehead atoms. The van der Waals surface area contributed by atoms with Crippen molar-refractivity contribution < 1.29 is 0 Å². The van der Waals surface area contributed by atoms with Crippen molar-refractivity contribution in [1.82, 2.24) is 5.32 Å². The van der Waals surface area contributed by atoms with Crippen LogP contribution in [0.2, 0.25) is 0 Å². The van der Waals surface area contributed by atoms with Gasteiger partial charge in [0, 0.05) is 13.1 Å². The standard InChI is InChI=1S/C7H17N3/c8-4-1-2-6-10-7-3-5-9/h1-2,10H,3-9H2. The largest absolute Gasteiger partial charge is 0.330 e. The number of rotatable bonds is 6. The number of nitrogens with one attached hydrogen (secondary N) is 1. The van der Waals surface area contributed by atoms with E-state index in [-0.39, 0.29) is 0 Å². The first-order valence-corrected chi connectivity index (χ1v) is 3.67. The van der Waals surface area contributed by atoms with Crippen LogP contribution in [0.3, 0.4) is 0 Å². The van der Waals surface area contributed by atoms with E-state index in [9.17, 15) is 0 Å². The third-order valence-electron chi connectivity index (χ3n) is 1.12. The summed E-state index contributed by atoms with van der Waals surface area (Å²) < 4.78 is 0. The molecule has 0 aromatic heterocycles. The molecular weight excluding hydrogens is 126 g/mol. The van der Waals surface area contributed by atoms with Crippen molar-refractivity contribution in [2.75, 3.05) is 26.2 Å². The molecule has 3 nitrogen and oxygen atoms in total. The lowest BCUT2D eigenvalue weighted by molar-refractivity contribution is 0.699. The highest BCUT2D eigenvalue weighted by Gasteiger charge is 1.80. The van der Waals surface area contributed by atoms with Crippen molar-refractivity contribution in [3.8, 4) is 0 Å². The molecular formula is C7H17N3. The maximum atomic E-state index is 5.29. The summed E-state index contributed by atoms with van der Waals surface area (Å²) in [6.45, 7) is 3.27. The van der Waals surface area contributed by atoms with Gasteiger partial charge in [-0.1, -0.05) is 12.2 Å². The van der Waals surface area contributed by atoms with E-state index < -0.39 is 0 Å². The third-order valence-corrected chi connectivity index (χ3v) is 1.12. The second-order valence-electron chi connectivity index (χ2n) is 2.05. The summed E-state index contributed by atoms with van der Waals surface area (Å²) in [6.07, 6.45) is 5.00. The van der Waals surface area contributed by atoms with Gasteiger partial charge in [0.2, 0.25) is 0 Å². The SMILES string of the molecule is NCC=CCNCCCN. The third kappa shape index (κ3) is 7.62. The first-order chi connectivity index (χ1) is 4.91. The van der Waals surface area contributed by atoms with E-state index in [0.29, 0.717) is 6.54 Å². The summed E-state index contributed by atoms with van der Waals surface area (Å²) in [6, 6.07) is 0. The van der Waals surface area contributed by atoms with E-state index in [1.165, 1.54) is 0 Å². The van der Waals surface area contributed by atoms with Crippen LogP contribution in [0.1, 0.15) is 6.42 Å². The molecule has 0 aromatic rings. The highest BCUT2D eigenvalue weighted by atomic mass is 14.8. The molecule has 0 aliphatic carbocycles. The van der Waals surface area contributed by atoms with Crippen molar-refractivity contribution >= 4 is 0 Å². The van der Waals surface area contributed by atoms with Crippen molar-refractivity contribution in [3.05, 3.63) is 12.2 Å². The van der Waals surface area contributed by atoms with Crippen molar-refractivity contribution in [1.29, 1.82) is 0 Å². The molecule has 5 N–H and O–H groups in total. The fourth-order valence-electron chi connectivity index (χ4n) is 0.592. The van der Waals surface area contributed by atoms with Gasteiger partial charge in [0.05, 0.1) is 0 Å². The van der Waals surface area contributed by atoms with Crippen LogP contribution in [0.15, 0.2) is 12.2 Å². The molecule has 0 aliphatic heterocycles. The van der Waals surface area contributed by atoms with Crippen LogP contribution >= 0.6 is 0 Å². The Hall–Kier alpha value is -0.380.